The predicted molar refractivity (Wildman–Crippen MR) is 126 cm³/mol. The van der Waals surface area contributed by atoms with Crippen LogP contribution < -0.4 is 9.64 Å². The molecule has 0 fully saturated rings. The highest BCUT2D eigenvalue weighted by atomic mass is 35.5. The zero-order chi connectivity index (χ0) is 21.8. The molecule has 7 heteroatoms. The van der Waals surface area contributed by atoms with Crippen LogP contribution in [-0.4, -0.2) is 50.1 Å². The molecule has 160 valence electrons. The first-order valence-electron chi connectivity index (χ1n) is 9.94. The van der Waals surface area contributed by atoms with Gasteiger partial charge in [0.1, 0.15) is 11.3 Å². The third kappa shape index (κ3) is 5.12. The molecule has 3 rings (SSSR count). The summed E-state index contributed by atoms with van der Waals surface area (Å²) in [5, 5.41) is 1.27. The highest BCUT2D eigenvalue weighted by molar-refractivity contribution is 7.23. The van der Waals surface area contributed by atoms with E-state index in [0.29, 0.717) is 34.4 Å². The van der Waals surface area contributed by atoms with Crippen molar-refractivity contribution in [2.45, 2.75) is 26.7 Å². The van der Waals surface area contributed by atoms with Gasteiger partial charge in [-0.3, -0.25) is 9.69 Å². The lowest BCUT2D eigenvalue weighted by atomic mass is 10.0. The summed E-state index contributed by atoms with van der Waals surface area (Å²) in [5.74, 6) is 0.698. The number of halogens is 1. The van der Waals surface area contributed by atoms with Crippen LogP contribution in [0, 0.1) is 13.8 Å². The molecule has 1 heterocycles. The normalized spacial score (nSPS) is 11.3. The first-order chi connectivity index (χ1) is 14.3. The van der Waals surface area contributed by atoms with Crippen LogP contribution in [0.3, 0.4) is 0 Å². The summed E-state index contributed by atoms with van der Waals surface area (Å²) in [6.07, 6.45) is 1.20. The number of anilines is 1. The van der Waals surface area contributed by atoms with Gasteiger partial charge in [-0.25, -0.2) is 4.98 Å². The molecule has 30 heavy (non-hydrogen) atoms. The van der Waals surface area contributed by atoms with Crippen molar-refractivity contribution in [3.05, 3.63) is 52.0 Å². The fourth-order valence-electron chi connectivity index (χ4n) is 3.34. The molecule has 3 aromatic rings. The van der Waals surface area contributed by atoms with Gasteiger partial charge in [0.25, 0.3) is 0 Å². The van der Waals surface area contributed by atoms with Crippen molar-refractivity contribution in [3.63, 3.8) is 0 Å². The van der Waals surface area contributed by atoms with Crippen LogP contribution in [0.15, 0.2) is 30.3 Å². The number of hydrogen-bond acceptors (Lipinski definition) is 5. The highest BCUT2D eigenvalue weighted by Crippen LogP contribution is 2.39. The minimum absolute atomic E-state index is 0.0385. The lowest BCUT2D eigenvalue weighted by molar-refractivity contribution is -0.118. The second-order valence-electron chi connectivity index (χ2n) is 7.73. The Morgan fingerprint density at radius 2 is 1.93 bits per heavy atom. The molecule has 0 saturated heterocycles. The van der Waals surface area contributed by atoms with Gasteiger partial charge in [-0.2, -0.15) is 0 Å². The fourth-order valence-corrected chi connectivity index (χ4v) is 4.64. The number of methoxy groups -OCH3 is 1. The Hall–Kier alpha value is -2.15. The first kappa shape index (κ1) is 22.5. The molecule has 1 aromatic heterocycles. The van der Waals surface area contributed by atoms with Crippen molar-refractivity contribution in [2.24, 2.45) is 0 Å². The number of hydrogen-bond donors (Lipinski definition) is 0. The minimum Gasteiger partial charge on any atom is -0.494 e. The lowest BCUT2D eigenvalue weighted by Gasteiger charge is -2.21. The Labute approximate surface area is 187 Å². The van der Waals surface area contributed by atoms with Gasteiger partial charge in [0.15, 0.2) is 5.13 Å². The van der Waals surface area contributed by atoms with E-state index < -0.39 is 0 Å². The van der Waals surface area contributed by atoms with E-state index in [1.54, 1.807) is 18.1 Å². The van der Waals surface area contributed by atoms with Crippen LogP contribution in [-0.2, 0) is 11.2 Å². The first-order valence-corrected chi connectivity index (χ1v) is 11.1. The van der Waals surface area contributed by atoms with Crippen LogP contribution in [0.4, 0.5) is 5.13 Å². The maximum absolute atomic E-state index is 13.4. The molecule has 0 aliphatic rings. The van der Waals surface area contributed by atoms with Crippen molar-refractivity contribution in [1.82, 2.24) is 9.88 Å². The van der Waals surface area contributed by atoms with Gasteiger partial charge in [0.2, 0.25) is 5.91 Å². The number of carbonyl (C=O) groups excluding carboxylic acids is 1. The molecule has 0 radical (unpaired) electrons. The van der Waals surface area contributed by atoms with Gasteiger partial charge in [0, 0.05) is 6.54 Å². The number of amides is 1. The second kappa shape index (κ2) is 9.77. The zero-order valence-corrected chi connectivity index (χ0v) is 19.7. The highest BCUT2D eigenvalue weighted by Gasteiger charge is 2.22. The maximum Gasteiger partial charge on any atom is 0.233 e. The smallest absolute Gasteiger partial charge is 0.233 e. The number of ether oxygens (including phenoxy) is 1. The summed E-state index contributed by atoms with van der Waals surface area (Å²) in [6, 6.07) is 9.83. The van der Waals surface area contributed by atoms with E-state index in [-0.39, 0.29) is 5.91 Å². The topological polar surface area (TPSA) is 45.7 Å². The third-order valence-electron chi connectivity index (χ3n) is 5.03. The number of aryl methyl sites for hydroxylation is 2. The van der Waals surface area contributed by atoms with Gasteiger partial charge in [-0.15, -0.1) is 0 Å². The van der Waals surface area contributed by atoms with E-state index in [0.717, 1.165) is 34.4 Å². The number of thiazole rings is 1. The monoisotopic (exact) mass is 445 g/mol. The Kier molecular flexibility index (Phi) is 7.34. The molecular weight excluding hydrogens is 418 g/mol. The third-order valence-corrected chi connectivity index (χ3v) is 6.57. The summed E-state index contributed by atoms with van der Waals surface area (Å²) < 4.78 is 6.28. The Morgan fingerprint density at radius 1 is 1.17 bits per heavy atom. The number of carbonyl (C=O) groups is 1. The van der Waals surface area contributed by atoms with Crippen LogP contribution in [0.5, 0.6) is 5.75 Å². The molecule has 0 atom stereocenters. The van der Waals surface area contributed by atoms with Crippen molar-refractivity contribution in [2.75, 3.05) is 39.2 Å². The van der Waals surface area contributed by atoms with Crippen LogP contribution in [0.1, 0.15) is 23.1 Å². The Morgan fingerprint density at radius 3 is 2.63 bits per heavy atom. The molecule has 0 bridgehead atoms. The van der Waals surface area contributed by atoms with Gasteiger partial charge in [-0.1, -0.05) is 46.7 Å². The van der Waals surface area contributed by atoms with Gasteiger partial charge in [-0.05, 0) is 64.2 Å². The standard InChI is InChI=1S/C23H28ClN3O2S/c1-15-7-8-16(2)17(13-15)14-20(28)27(12-6-11-26(3)4)23-25-21-19(29-5)10-9-18(24)22(21)30-23/h7-10,13H,6,11-12,14H2,1-5H3. The maximum atomic E-state index is 13.4. The number of rotatable bonds is 8. The summed E-state index contributed by atoms with van der Waals surface area (Å²) in [6.45, 7) is 5.58. The quantitative estimate of drug-likeness (QED) is 0.483. The van der Waals surface area contributed by atoms with Crippen molar-refractivity contribution >= 4 is 44.2 Å². The second-order valence-corrected chi connectivity index (χ2v) is 9.12. The van der Waals surface area contributed by atoms with Crippen molar-refractivity contribution in [1.29, 1.82) is 0 Å². The fraction of sp³-hybridized carbons (Fsp3) is 0.391. The van der Waals surface area contributed by atoms with E-state index in [4.69, 9.17) is 21.3 Å². The van der Waals surface area contributed by atoms with E-state index in [1.165, 1.54) is 11.3 Å². The van der Waals surface area contributed by atoms with E-state index in [9.17, 15) is 4.79 Å². The van der Waals surface area contributed by atoms with Crippen LogP contribution >= 0.6 is 22.9 Å². The zero-order valence-electron chi connectivity index (χ0n) is 18.2. The summed E-state index contributed by atoms with van der Waals surface area (Å²) in [7, 11) is 5.68. The predicted octanol–water partition coefficient (Wildman–Crippen LogP) is 5.10. The molecule has 2 aromatic carbocycles. The average molecular weight is 446 g/mol. The number of fused-ring (bicyclic) bond motifs is 1. The Bertz CT molecular complexity index is 1050. The van der Waals surface area contributed by atoms with Gasteiger partial charge < -0.3 is 9.64 Å². The SMILES string of the molecule is COc1ccc(Cl)c2sc(N(CCCN(C)C)C(=O)Cc3cc(C)ccc3C)nc12. The molecule has 0 spiro atoms. The summed E-state index contributed by atoms with van der Waals surface area (Å²) in [4.78, 5) is 22.0. The largest absolute Gasteiger partial charge is 0.494 e. The molecule has 0 N–H and O–H groups in total. The number of aromatic nitrogens is 1. The molecule has 0 aliphatic heterocycles. The molecule has 1 amide bonds. The molecule has 5 nitrogen and oxygen atoms in total. The van der Waals surface area contributed by atoms with Gasteiger partial charge in [0.05, 0.1) is 23.3 Å². The molecule has 0 saturated carbocycles. The minimum atomic E-state index is 0.0385. The summed E-state index contributed by atoms with van der Waals surface area (Å²) >= 11 is 7.84. The van der Waals surface area contributed by atoms with E-state index >= 15 is 0 Å². The van der Waals surface area contributed by atoms with Gasteiger partial charge >= 0.3 is 0 Å². The number of benzene rings is 2. The van der Waals surface area contributed by atoms with Crippen molar-refractivity contribution in [3.8, 4) is 5.75 Å². The average Bonchev–Trinajstić information content (AvgIpc) is 3.14. The lowest BCUT2D eigenvalue weighted by Crippen LogP contribution is -2.34. The molecular formula is C23H28ClN3O2S. The van der Waals surface area contributed by atoms with E-state index in [1.807, 2.05) is 34.0 Å². The molecule has 0 unspecified atom stereocenters. The van der Waals surface area contributed by atoms with E-state index in [2.05, 4.69) is 23.1 Å². The Balaban J connectivity index is 1.95. The van der Waals surface area contributed by atoms with Crippen LogP contribution in [0.25, 0.3) is 10.2 Å². The van der Waals surface area contributed by atoms with Crippen LogP contribution in [0.2, 0.25) is 5.02 Å². The number of nitrogens with zero attached hydrogens (tertiary/aromatic N) is 3. The molecule has 0 aliphatic carbocycles. The summed E-state index contributed by atoms with van der Waals surface area (Å²) in [5.41, 5.74) is 4.02. The van der Waals surface area contributed by atoms with Crippen molar-refractivity contribution < 1.29 is 9.53 Å².